The van der Waals surface area contributed by atoms with Crippen LogP contribution in [0.1, 0.15) is 10.4 Å². The van der Waals surface area contributed by atoms with Crippen molar-refractivity contribution in [3.63, 3.8) is 0 Å². The molecule has 0 aromatic heterocycles. The van der Waals surface area contributed by atoms with E-state index in [0.29, 0.717) is 26.2 Å². The molecule has 2 aromatic carbocycles. The van der Waals surface area contributed by atoms with Crippen molar-refractivity contribution < 1.29 is 22.3 Å². The van der Waals surface area contributed by atoms with E-state index in [1.165, 1.54) is 42.5 Å². The molecule has 0 aliphatic rings. The van der Waals surface area contributed by atoms with Crippen LogP contribution in [0.3, 0.4) is 0 Å². The molecule has 0 unspecified atom stereocenters. The molecule has 0 fully saturated rings. The molecule has 0 aliphatic heterocycles. The Morgan fingerprint density at radius 3 is 2.54 bits per heavy atom. The fraction of sp³-hybridized carbons (Fsp3) is 0.278. The third kappa shape index (κ3) is 7.08. The maximum Gasteiger partial charge on any atom is 0.262 e. The lowest BCUT2D eigenvalue weighted by Crippen LogP contribution is -2.33. The summed E-state index contributed by atoms with van der Waals surface area (Å²) >= 11 is 0. The van der Waals surface area contributed by atoms with E-state index >= 15 is 0 Å². The molecule has 0 bridgehead atoms. The van der Waals surface area contributed by atoms with Crippen molar-refractivity contribution in [3.8, 4) is 0 Å². The van der Waals surface area contributed by atoms with Gasteiger partial charge in [-0.15, -0.1) is 12.4 Å². The van der Waals surface area contributed by atoms with Crippen molar-refractivity contribution in [1.29, 1.82) is 0 Å². The van der Waals surface area contributed by atoms with Crippen LogP contribution in [0.15, 0.2) is 53.4 Å². The predicted octanol–water partition coefficient (Wildman–Crippen LogP) is 2.01. The molecule has 1 amide bonds. The number of methoxy groups -OCH3 is 1. The van der Waals surface area contributed by atoms with E-state index in [0.717, 1.165) is 6.07 Å². The molecule has 10 heteroatoms. The molecule has 7 nitrogen and oxygen atoms in total. The molecular formula is C18H23ClFN3O4S. The van der Waals surface area contributed by atoms with Gasteiger partial charge >= 0.3 is 0 Å². The van der Waals surface area contributed by atoms with Crippen molar-refractivity contribution in [2.75, 3.05) is 38.1 Å². The van der Waals surface area contributed by atoms with Crippen molar-refractivity contribution in [1.82, 2.24) is 10.6 Å². The molecular weight excluding hydrogens is 409 g/mol. The van der Waals surface area contributed by atoms with Crippen LogP contribution < -0.4 is 15.4 Å². The van der Waals surface area contributed by atoms with Crippen LogP contribution in [0, 0.1) is 5.82 Å². The van der Waals surface area contributed by atoms with Crippen LogP contribution in [0.5, 0.6) is 0 Å². The van der Waals surface area contributed by atoms with E-state index in [-0.39, 0.29) is 28.6 Å². The average molecular weight is 432 g/mol. The smallest absolute Gasteiger partial charge is 0.262 e. The summed E-state index contributed by atoms with van der Waals surface area (Å²) in [6.45, 7) is 2.18. The van der Waals surface area contributed by atoms with Crippen LogP contribution in [0.25, 0.3) is 0 Å². The summed E-state index contributed by atoms with van der Waals surface area (Å²) < 4.78 is 45.7. The highest BCUT2D eigenvalue weighted by molar-refractivity contribution is 7.92. The van der Waals surface area contributed by atoms with Crippen LogP contribution >= 0.6 is 12.4 Å². The summed E-state index contributed by atoms with van der Waals surface area (Å²) in [6.07, 6.45) is 0. The van der Waals surface area contributed by atoms with Gasteiger partial charge in [0.05, 0.1) is 17.2 Å². The van der Waals surface area contributed by atoms with Crippen LogP contribution in [0.4, 0.5) is 10.1 Å². The number of benzene rings is 2. The van der Waals surface area contributed by atoms with Crippen molar-refractivity contribution in [3.05, 3.63) is 59.9 Å². The minimum atomic E-state index is -4.02. The predicted molar refractivity (Wildman–Crippen MR) is 108 cm³/mol. The second-order valence-electron chi connectivity index (χ2n) is 5.61. The molecule has 2 aromatic rings. The Balaban J connectivity index is 0.00000392. The van der Waals surface area contributed by atoms with E-state index in [2.05, 4.69) is 15.4 Å². The standard InChI is InChI=1S/C18H22FN3O4S.ClH/c1-26-12-11-20-9-10-21-18(23)14-5-4-6-15(13-14)27(24,25)22-17-8-3-2-7-16(17)19;/h2-8,13,20,22H,9-12H2,1H3,(H,21,23);1H. The fourth-order valence-corrected chi connectivity index (χ4v) is 3.33. The first-order valence-corrected chi connectivity index (χ1v) is 9.77. The normalized spacial score (nSPS) is 10.8. The second kappa shape index (κ2) is 11.6. The number of hydrogen-bond donors (Lipinski definition) is 3. The van der Waals surface area contributed by atoms with Gasteiger partial charge in [-0.25, -0.2) is 12.8 Å². The molecule has 0 saturated heterocycles. The third-order valence-corrected chi connectivity index (χ3v) is 4.96. The summed E-state index contributed by atoms with van der Waals surface area (Å²) in [4.78, 5) is 12.1. The lowest BCUT2D eigenvalue weighted by atomic mass is 10.2. The highest BCUT2D eigenvalue weighted by Crippen LogP contribution is 2.19. The number of carbonyl (C=O) groups is 1. The zero-order valence-corrected chi connectivity index (χ0v) is 16.9. The molecule has 2 rings (SSSR count). The topological polar surface area (TPSA) is 96.5 Å². The number of anilines is 1. The van der Waals surface area contributed by atoms with Crippen molar-refractivity contribution >= 4 is 34.0 Å². The summed E-state index contributed by atoms with van der Waals surface area (Å²) in [5.74, 6) is -1.08. The average Bonchev–Trinajstić information content (AvgIpc) is 2.66. The lowest BCUT2D eigenvalue weighted by Gasteiger charge is -2.10. The maximum absolute atomic E-state index is 13.7. The van der Waals surface area contributed by atoms with E-state index in [9.17, 15) is 17.6 Å². The first kappa shape index (κ1) is 23.8. The molecule has 0 spiro atoms. The number of ether oxygens (including phenoxy) is 1. The lowest BCUT2D eigenvalue weighted by molar-refractivity contribution is 0.0953. The van der Waals surface area contributed by atoms with Crippen LogP contribution in [-0.4, -0.2) is 47.7 Å². The number of sulfonamides is 1. The quantitative estimate of drug-likeness (QED) is 0.500. The SMILES string of the molecule is COCCNCCNC(=O)c1cccc(S(=O)(=O)Nc2ccccc2F)c1.Cl. The second-order valence-corrected chi connectivity index (χ2v) is 7.29. The van der Waals surface area contributed by atoms with Gasteiger partial charge in [-0.3, -0.25) is 9.52 Å². The molecule has 0 aliphatic carbocycles. The number of hydrogen-bond acceptors (Lipinski definition) is 5. The molecule has 28 heavy (non-hydrogen) atoms. The summed E-state index contributed by atoms with van der Waals surface area (Å²) in [7, 11) is -2.42. The molecule has 0 atom stereocenters. The minimum Gasteiger partial charge on any atom is -0.383 e. The third-order valence-electron chi connectivity index (χ3n) is 3.60. The highest BCUT2D eigenvalue weighted by Gasteiger charge is 2.18. The van der Waals surface area contributed by atoms with E-state index in [1.54, 1.807) is 7.11 Å². The summed E-state index contributed by atoms with van der Waals surface area (Å²) in [6, 6.07) is 11.0. The zero-order chi connectivity index (χ0) is 19.7. The zero-order valence-electron chi connectivity index (χ0n) is 15.3. The molecule has 154 valence electrons. The van der Waals surface area contributed by atoms with Gasteiger partial charge in [-0.05, 0) is 30.3 Å². The van der Waals surface area contributed by atoms with Gasteiger partial charge in [-0.1, -0.05) is 18.2 Å². The maximum atomic E-state index is 13.7. The Labute approximate surface area is 170 Å². The van der Waals surface area contributed by atoms with Gasteiger partial charge < -0.3 is 15.4 Å². The molecule has 3 N–H and O–H groups in total. The Morgan fingerprint density at radius 1 is 1.07 bits per heavy atom. The summed E-state index contributed by atoms with van der Waals surface area (Å²) in [5, 5.41) is 5.78. The van der Waals surface area contributed by atoms with Crippen molar-refractivity contribution in [2.45, 2.75) is 4.90 Å². The molecule has 0 heterocycles. The fourth-order valence-electron chi connectivity index (χ4n) is 2.22. The number of para-hydroxylation sites is 1. The van der Waals surface area contributed by atoms with Gasteiger partial charge in [-0.2, -0.15) is 0 Å². The Kier molecular flexibility index (Phi) is 9.88. The molecule has 0 radical (unpaired) electrons. The van der Waals surface area contributed by atoms with Crippen LogP contribution in [0.2, 0.25) is 0 Å². The van der Waals surface area contributed by atoms with E-state index in [4.69, 9.17) is 4.74 Å². The number of rotatable bonds is 10. The first-order chi connectivity index (χ1) is 12.9. The van der Waals surface area contributed by atoms with Crippen LogP contribution in [-0.2, 0) is 14.8 Å². The van der Waals surface area contributed by atoms with Crippen molar-refractivity contribution in [2.24, 2.45) is 0 Å². The number of amides is 1. The first-order valence-electron chi connectivity index (χ1n) is 8.29. The Bertz CT molecular complexity index is 881. The highest BCUT2D eigenvalue weighted by atomic mass is 35.5. The van der Waals surface area contributed by atoms with Gasteiger partial charge in [0.15, 0.2) is 0 Å². The number of nitrogens with one attached hydrogen (secondary N) is 3. The van der Waals surface area contributed by atoms with E-state index < -0.39 is 21.7 Å². The van der Waals surface area contributed by atoms with Gasteiger partial charge in [0.2, 0.25) is 0 Å². The van der Waals surface area contributed by atoms with Gasteiger partial charge in [0.25, 0.3) is 15.9 Å². The number of carbonyl (C=O) groups excluding carboxylic acids is 1. The van der Waals surface area contributed by atoms with E-state index in [1.807, 2.05) is 0 Å². The largest absolute Gasteiger partial charge is 0.383 e. The van der Waals surface area contributed by atoms with Gasteiger partial charge in [0, 0.05) is 32.3 Å². The van der Waals surface area contributed by atoms with Gasteiger partial charge in [0.1, 0.15) is 5.82 Å². The number of halogens is 2. The summed E-state index contributed by atoms with van der Waals surface area (Å²) in [5.41, 5.74) is 0.0396. The minimum absolute atomic E-state index is 0. The Morgan fingerprint density at radius 2 is 1.82 bits per heavy atom. The monoisotopic (exact) mass is 431 g/mol. The Hall–Kier alpha value is -2.20. The molecule has 0 saturated carbocycles.